The maximum atomic E-state index is 6.61. The van der Waals surface area contributed by atoms with Crippen LogP contribution in [-0.2, 0) is 6.61 Å². The maximum absolute atomic E-state index is 6.61. The first-order chi connectivity index (χ1) is 15.2. The summed E-state index contributed by atoms with van der Waals surface area (Å²) in [6.45, 7) is 4.25. The number of nitrogen functional groups attached to an aromatic ring is 1. The van der Waals surface area contributed by atoms with Crippen molar-refractivity contribution in [2.45, 2.75) is 32.0 Å². The number of hydrogen-bond donors (Lipinski definition) is 2. The first-order valence-corrected chi connectivity index (χ1v) is 10.8. The molecule has 5 heteroatoms. The second kappa shape index (κ2) is 10.0. The largest absolute Gasteiger partial charge is 0.485 e. The van der Waals surface area contributed by atoms with Gasteiger partial charge < -0.3 is 20.5 Å². The van der Waals surface area contributed by atoms with Crippen molar-refractivity contribution < 1.29 is 9.47 Å². The van der Waals surface area contributed by atoms with E-state index in [9.17, 15) is 0 Å². The van der Waals surface area contributed by atoms with E-state index >= 15 is 0 Å². The van der Waals surface area contributed by atoms with Crippen LogP contribution in [0.3, 0.4) is 0 Å². The van der Waals surface area contributed by atoms with E-state index in [0.29, 0.717) is 12.4 Å². The average molecular weight is 416 g/mol. The second-order valence-electron chi connectivity index (χ2n) is 7.63. The van der Waals surface area contributed by atoms with E-state index in [-0.39, 0.29) is 12.0 Å². The molecule has 5 nitrogen and oxygen atoms in total. The summed E-state index contributed by atoms with van der Waals surface area (Å²) in [5.41, 5.74) is 8.96. The summed E-state index contributed by atoms with van der Waals surface area (Å²) in [6.07, 6.45) is 0.667. The van der Waals surface area contributed by atoms with Crippen molar-refractivity contribution in [3.8, 4) is 11.5 Å². The lowest BCUT2D eigenvalue weighted by molar-refractivity contribution is 0.208. The van der Waals surface area contributed by atoms with Gasteiger partial charge in [0.1, 0.15) is 12.4 Å². The first kappa shape index (κ1) is 20.8. The summed E-state index contributed by atoms with van der Waals surface area (Å²) < 4.78 is 12.7. The highest BCUT2D eigenvalue weighted by Crippen LogP contribution is 2.33. The van der Waals surface area contributed by atoms with Gasteiger partial charge in [-0.05, 0) is 41.8 Å². The van der Waals surface area contributed by atoms with Gasteiger partial charge in [-0.25, -0.2) is 0 Å². The molecule has 0 bridgehead atoms. The molecule has 3 aromatic rings. The summed E-state index contributed by atoms with van der Waals surface area (Å²) in [6, 6.07) is 26.0. The number of anilines is 1. The Morgan fingerprint density at radius 2 is 1.65 bits per heavy atom. The summed E-state index contributed by atoms with van der Waals surface area (Å²) >= 11 is 0. The van der Waals surface area contributed by atoms with E-state index in [1.807, 2.05) is 54.6 Å². The number of benzene rings is 3. The highest BCUT2D eigenvalue weighted by atomic mass is 16.5. The van der Waals surface area contributed by atoms with E-state index in [4.69, 9.17) is 15.2 Å². The van der Waals surface area contributed by atoms with Crippen LogP contribution in [0.1, 0.15) is 30.4 Å². The summed E-state index contributed by atoms with van der Waals surface area (Å²) in [5.74, 6) is 2.46. The van der Waals surface area contributed by atoms with E-state index < -0.39 is 0 Å². The quantitative estimate of drug-likeness (QED) is 0.493. The highest BCUT2D eigenvalue weighted by molar-refractivity contribution is 5.89. The Morgan fingerprint density at radius 1 is 0.935 bits per heavy atom. The third-order valence-electron chi connectivity index (χ3n) is 5.48. The van der Waals surface area contributed by atoms with E-state index in [2.05, 4.69) is 41.5 Å². The van der Waals surface area contributed by atoms with Crippen LogP contribution in [0.25, 0.3) is 0 Å². The number of aliphatic imine (C=N–C) groups is 1. The fourth-order valence-corrected chi connectivity index (χ4v) is 3.84. The Balaban J connectivity index is 1.59. The third-order valence-corrected chi connectivity index (χ3v) is 5.48. The number of nitrogens with two attached hydrogens (primary N) is 1. The predicted octanol–water partition coefficient (Wildman–Crippen LogP) is 4.79. The Bertz CT molecular complexity index is 1000. The van der Waals surface area contributed by atoms with Gasteiger partial charge in [-0.1, -0.05) is 61.5 Å². The molecular formula is C26H29N3O2. The SMILES string of the molecule is CCC(c1ccc(N)cc1)C(Oc1ccccc1OCc1ccccc1)C1=NCCN1. The zero-order chi connectivity index (χ0) is 21.5. The summed E-state index contributed by atoms with van der Waals surface area (Å²) in [5, 5.41) is 3.41. The molecule has 0 radical (unpaired) electrons. The van der Waals surface area contributed by atoms with Gasteiger partial charge in [-0.2, -0.15) is 0 Å². The average Bonchev–Trinajstić information content (AvgIpc) is 3.35. The molecule has 1 heterocycles. The molecule has 0 saturated heterocycles. The topological polar surface area (TPSA) is 68.9 Å². The zero-order valence-corrected chi connectivity index (χ0v) is 17.8. The predicted molar refractivity (Wildman–Crippen MR) is 126 cm³/mol. The molecule has 1 aliphatic heterocycles. The number of nitrogens with one attached hydrogen (secondary N) is 1. The van der Waals surface area contributed by atoms with Crippen LogP contribution in [0.4, 0.5) is 5.69 Å². The van der Waals surface area contributed by atoms with Gasteiger partial charge in [0.2, 0.25) is 0 Å². The normalized spacial score (nSPS) is 14.9. The second-order valence-corrected chi connectivity index (χ2v) is 7.63. The van der Waals surface area contributed by atoms with E-state index in [1.165, 1.54) is 5.56 Å². The Morgan fingerprint density at radius 3 is 2.32 bits per heavy atom. The lowest BCUT2D eigenvalue weighted by Crippen LogP contribution is -2.40. The molecule has 1 aliphatic rings. The molecule has 2 unspecified atom stereocenters. The Kier molecular flexibility index (Phi) is 6.72. The Hall–Kier alpha value is -3.47. The van der Waals surface area contributed by atoms with Crippen LogP contribution < -0.4 is 20.5 Å². The number of para-hydroxylation sites is 2. The van der Waals surface area contributed by atoms with Crippen molar-refractivity contribution >= 4 is 11.5 Å². The summed E-state index contributed by atoms with van der Waals surface area (Å²) in [4.78, 5) is 4.68. The molecule has 0 spiro atoms. The molecule has 3 N–H and O–H groups in total. The van der Waals surface area contributed by atoms with Crippen molar-refractivity contribution in [1.82, 2.24) is 5.32 Å². The van der Waals surface area contributed by atoms with E-state index in [1.54, 1.807) is 0 Å². The standard InChI is InChI=1S/C26H29N3O2/c1-2-22(20-12-14-21(27)15-13-20)25(26-28-16-17-29-26)31-24-11-7-6-10-23(24)30-18-19-8-4-3-5-9-19/h3-15,22,25H,2,16-18,27H2,1H3,(H,28,29). The number of amidine groups is 1. The fraction of sp³-hybridized carbons (Fsp3) is 0.269. The molecule has 31 heavy (non-hydrogen) atoms. The number of rotatable bonds is 9. The molecule has 0 aromatic heterocycles. The lowest BCUT2D eigenvalue weighted by atomic mass is 9.90. The molecule has 160 valence electrons. The third kappa shape index (κ3) is 5.18. The fourth-order valence-electron chi connectivity index (χ4n) is 3.84. The summed E-state index contributed by atoms with van der Waals surface area (Å²) in [7, 11) is 0. The van der Waals surface area contributed by atoms with E-state index in [0.717, 1.165) is 42.3 Å². The molecule has 4 rings (SSSR count). The van der Waals surface area contributed by atoms with Crippen molar-refractivity contribution in [3.63, 3.8) is 0 Å². The maximum Gasteiger partial charge on any atom is 0.162 e. The molecule has 0 saturated carbocycles. The van der Waals surface area contributed by atoms with Crippen LogP contribution >= 0.6 is 0 Å². The van der Waals surface area contributed by atoms with Crippen LogP contribution in [-0.4, -0.2) is 25.0 Å². The van der Waals surface area contributed by atoms with Crippen LogP contribution in [0.5, 0.6) is 11.5 Å². The lowest BCUT2D eigenvalue weighted by Gasteiger charge is -2.28. The molecular weight excluding hydrogens is 386 g/mol. The van der Waals surface area contributed by atoms with Crippen molar-refractivity contribution in [2.24, 2.45) is 4.99 Å². The Labute approximate surface area is 183 Å². The van der Waals surface area contributed by atoms with Gasteiger partial charge in [0.05, 0.1) is 6.54 Å². The van der Waals surface area contributed by atoms with Gasteiger partial charge in [0, 0.05) is 18.2 Å². The number of hydrogen-bond acceptors (Lipinski definition) is 5. The van der Waals surface area contributed by atoms with Crippen LogP contribution in [0, 0.1) is 0 Å². The molecule has 0 fully saturated rings. The van der Waals surface area contributed by atoms with Crippen molar-refractivity contribution in [3.05, 3.63) is 90.0 Å². The van der Waals surface area contributed by atoms with Gasteiger partial charge in [-0.15, -0.1) is 0 Å². The molecule has 0 amide bonds. The highest BCUT2D eigenvalue weighted by Gasteiger charge is 2.31. The van der Waals surface area contributed by atoms with Crippen molar-refractivity contribution in [1.29, 1.82) is 0 Å². The minimum absolute atomic E-state index is 0.132. The number of nitrogens with zero attached hydrogens (tertiary/aromatic N) is 1. The molecule has 3 aromatic carbocycles. The van der Waals surface area contributed by atoms with Crippen molar-refractivity contribution in [2.75, 3.05) is 18.8 Å². The number of ether oxygens (including phenoxy) is 2. The van der Waals surface area contributed by atoms with Gasteiger partial charge in [0.15, 0.2) is 17.6 Å². The monoisotopic (exact) mass is 415 g/mol. The minimum Gasteiger partial charge on any atom is -0.485 e. The van der Waals surface area contributed by atoms with Crippen LogP contribution in [0.15, 0.2) is 83.9 Å². The first-order valence-electron chi connectivity index (χ1n) is 10.8. The molecule has 0 aliphatic carbocycles. The van der Waals surface area contributed by atoms with Gasteiger partial charge in [0.25, 0.3) is 0 Å². The molecule has 2 atom stereocenters. The van der Waals surface area contributed by atoms with Gasteiger partial charge in [-0.3, -0.25) is 4.99 Å². The minimum atomic E-state index is -0.238. The van der Waals surface area contributed by atoms with Gasteiger partial charge >= 0.3 is 0 Å². The van der Waals surface area contributed by atoms with Crippen LogP contribution in [0.2, 0.25) is 0 Å². The smallest absolute Gasteiger partial charge is 0.162 e. The zero-order valence-electron chi connectivity index (χ0n) is 17.8.